The van der Waals surface area contributed by atoms with E-state index >= 15 is 0 Å². The second kappa shape index (κ2) is 6.51. The minimum absolute atomic E-state index is 0.467. The van der Waals surface area contributed by atoms with Gasteiger partial charge in [0, 0.05) is 6.42 Å². The third kappa shape index (κ3) is 3.22. The van der Waals surface area contributed by atoms with Gasteiger partial charge in [-0.15, -0.1) is 4.68 Å². The van der Waals surface area contributed by atoms with Gasteiger partial charge in [0.1, 0.15) is 0 Å². The summed E-state index contributed by atoms with van der Waals surface area (Å²) < 4.78 is 4.80. The van der Waals surface area contributed by atoms with Crippen molar-refractivity contribution in [3.05, 3.63) is 40.2 Å². The molecule has 0 aliphatic rings. The maximum Gasteiger partial charge on any atom is 0.216 e. The highest BCUT2D eigenvalue weighted by Gasteiger charge is 2.29. The van der Waals surface area contributed by atoms with Gasteiger partial charge in [0.15, 0.2) is 6.04 Å². The predicted molar refractivity (Wildman–Crippen MR) is 98.9 cm³/mol. The van der Waals surface area contributed by atoms with Crippen LogP contribution < -0.4 is 4.68 Å². The van der Waals surface area contributed by atoms with Crippen LogP contribution in [-0.2, 0) is 13.5 Å². The van der Waals surface area contributed by atoms with E-state index in [2.05, 4.69) is 83.9 Å². The number of aryl methyl sites for hydroxylation is 2. The molecule has 1 aromatic heterocycles. The normalized spacial score (nSPS) is 11.8. The van der Waals surface area contributed by atoms with E-state index in [-0.39, 0.29) is 0 Å². The fraction of sp³-hybridized carbons (Fsp3) is 0.571. The van der Waals surface area contributed by atoms with E-state index in [1.165, 1.54) is 39.2 Å². The molecule has 0 atom stereocenters. The third-order valence-electron chi connectivity index (χ3n) is 5.04. The van der Waals surface area contributed by atoms with Crippen molar-refractivity contribution in [1.82, 2.24) is 4.68 Å². The van der Waals surface area contributed by atoms with Gasteiger partial charge in [-0.05, 0) is 69.7 Å². The first-order chi connectivity index (χ1) is 10.6. The van der Waals surface area contributed by atoms with E-state index in [0.29, 0.717) is 12.0 Å². The molecule has 0 radical (unpaired) electrons. The molecule has 0 aliphatic heterocycles. The number of aromatic nitrogens is 2. The standard InChI is InChI=1S/C21H33N2/c1-13(2)10-20-21(18(8)22(9)23(20)14(3)4)19-11-15(5)17(7)16(6)12-19/h11-14H,10H2,1-9H3/q+1. The van der Waals surface area contributed by atoms with E-state index in [1.807, 2.05) is 0 Å². The zero-order chi connectivity index (χ0) is 17.5. The molecule has 0 fully saturated rings. The third-order valence-corrected chi connectivity index (χ3v) is 5.04. The van der Waals surface area contributed by atoms with E-state index in [0.717, 1.165) is 6.42 Å². The molecule has 2 rings (SSSR count). The fourth-order valence-corrected chi connectivity index (χ4v) is 3.62. The first-order valence-electron chi connectivity index (χ1n) is 8.83. The Balaban J connectivity index is 2.78. The van der Waals surface area contributed by atoms with Crippen LogP contribution >= 0.6 is 0 Å². The highest BCUT2D eigenvalue weighted by atomic mass is 15.4. The Morgan fingerprint density at radius 2 is 1.48 bits per heavy atom. The Morgan fingerprint density at radius 1 is 0.957 bits per heavy atom. The Morgan fingerprint density at radius 3 is 1.91 bits per heavy atom. The Kier molecular flexibility index (Phi) is 5.03. The average Bonchev–Trinajstić information content (AvgIpc) is 2.66. The van der Waals surface area contributed by atoms with E-state index in [9.17, 15) is 0 Å². The van der Waals surface area contributed by atoms with Gasteiger partial charge in [0.25, 0.3) is 0 Å². The molecular formula is C21H33N2+. The van der Waals surface area contributed by atoms with Crippen molar-refractivity contribution in [3.8, 4) is 11.1 Å². The second-order valence-corrected chi connectivity index (χ2v) is 7.70. The number of hydrogen-bond acceptors (Lipinski definition) is 0. The van der Waals surface area contributed by atoms with Crippen LogP contribution in [0.3, 0.4) is 0 Å². The highest BCUT2D eigenvalue weighted by Crippen LogP contribution is 2.31. The summed E-state index contributed by atoms with van der Waals surface area (Å²) in [6, 6.07) is 5.19. The van der Waals surface area contributed by atoms with Gasteiger partial charge in [-0.25, -0.2) is 0 Å². The molecule has 2 heteroatoms. The zero-order valence-corrected chi connectivity index (χ0v) is 16.4. The molecule has 0 saturated heterocycles. The molecule has 0 amide bonds. The summed E-state index contributed by atoms with van der Waals surface area (Å²) in [5.41, 5.74) is 9.80. The summed E-state index contributed by atoms with van der Waals surface area (Å²) in [4.78, 5) is 0. The van der Waals surface area contributed by atoms with E-state index in [4.69, 9.17) is 0 Å². The van der Waals surface area contributed by atoms with Crippen LogP contribution in [0.4, 0.5) is 0 Å². The van der Waals surface area contributed by atoms with Gasteiger partial charge in [-0.3, -0.25) is 0 Å². The summed E-state index contributed by atoms with van der Waals surface area (Å²) in [5.74, 6) is 0.646. The predicted octanol–water partition coefficient (Wildman–Crippen LogP) is 4.99. The lowest BCUT2D eigenvalue weighted by Crippen LogP contribution is -2.47. The molecule has 23 heavy (non-hydrogen) atoms. The topological polar surface area (TPSA) is 8.81 Å². The maximum absolute atomic E-state index is 2.47. The molecule has 0 unspecified atom stereocenters. The Labute approximate surface area is 142 Å². The van der Waals surface area contributed by atoms with Gasteiger partial charge < -0.3 is 0 Å². The van der Waals surface area contributed by atoms with Gasteiger partial charge in [0.2, 0.25) is 5.69 Å². The minimum atomic E-state index is 0.467. The molecule has 2 nitrogen and oxygen atoms in total. The van der Waals surface area contributed by atoms with Crippen molar-refractivity contribution in [2.75, 3.05) is 0 Å². The van der Waals surface area contributed by atoms with Crippen molar-refractivity contribution >= 4 is 0 Å². The highest BCUT2D eigenvalue weighted by molar-refractivity contribution is 5.70. The summed E-state index contributed by atoms with van der Waals surface area (Å²) in [7, 11) is 2.19. The molecule has 0 spiro atoms. The van der Waals surface area contributed by atoms with Crippen LogP contribution in [-0.4, -0.2) is 4.68 Å². The average molecular weight is 314 g/mol. The number of nitrogens with zero attached hydrogens (tertiary/aromatic N) is 2. The molecule has 126 valence electrons. The summed E-state index contributed by atoms with van der Waals surface area (Å²) in [5, 5.41) is 0. The van der Waals surface area contributed by atoms with Gasteiger partial charge in [0.05, 0.1) is 18.3 Å². The smallest absolute Gasteiger partial charge is 0.160 e. The summed E-state index contributed by atoms with van der Waals surface area (Å²) in [6.45, 7) is 18.1. The first kappa shape index (κ1) is 17.8. The summed E-state index contributed by atoms with van der Waals surface area (Å²) >= 11 is 0. The first-order valence-corrected chi connectivity index (χ1v) is 8.83. The van der Waals surface area contributed by atoms with Gasteiger partial charge in [-0.1, -0.05) is 26.0 Å². The van der Waals surface area contributed by atoms with Crippen molar-refractivity contribution in [2.45, 2.75) is 67.9 Å². The minimum Gasteiger partial charge on any atom is -0.160 e. The molecule has 2 aromatic rings. The lowest BCUT2D eigenvalue weighted by Gasteiger charge is -2.10. The van der Waals surface area contributed by atoms with Gasteiger partial charge in [-0.2, -0.15) is 4.68 Å². The van der Waals surface area contributed by atoms with Crippen molar-refractivity contribution in [1.29, 1.82) is 0 Å². The SMILES string of the molecule is Cc1cc(-c2c(C)n(C)[n+](C(C)C)c2CC(C)C)cc(C)c1C. The van der Waals surface area contributed by atoms with Crippen LogP contribution in [0.5, 0.6) is 0 Å². The number of benzene rings is 1. The Bertz CT molecular complexity index is 695. The number of rotatable bonds is 4. The van der Waals surface area contributed by atoms with Crippen LogP contribution in [0.1, 0.15) is 61.8 Å². The van der Waals surface area contributed by atoms with Crippen LogP contribution in [0.2, 0.25) is 0 Å². The molecule has 1 aromatic carbocycles. The quantitative estimate of drug-likeness (QED) is 0.703. The van der Waals surface area contributed by atoms with Gasteiger partial charge >= 0.3 is 0 Å². The fourth-order valence-electron chi connectivity index (χ4n) is 3.62. The summed E-state index contributed by atoms with van der Waals surface area (Å²) in [6.07, 6.45) is 1.11. The van der Waals surface area contributed by atoms with E-state index in [1.54, 1.807) is 0 Å². The molecular weight excluding hydrogens is 280 g/mol. The Hall–Kier alpha value is -1.57. The second-order valence-electron chi connectivity index (χ2n) is 7.70. The molecule has 1 heterocycles. The molecule has 0 aliphatic carbocycles. The van der Waals surface area contributed by atoms with Crippen LogP contribution in [0.15, 0.2) is 12.1 Å². The monoisotopic (exact) mass is 313 g/mol. The van der Waals surface area contributed by atoms with Crippen molar-refractivity contribution in [2.24, 2.45) is 13.0 Å². The van der Waals surface area contributed by atoms with Crippen LogP contribution in [0.25, 0.3) is 11.1 Å². The van der Waals surface area contributed by atoms with Crippen molar-refractivity contribution < 1.29 is 4.68 Å². The van der Waals surface area contributed by atoms with Crippen LogP contribution in [0, 0.1) is 33.6 Å². The zero-order valence-electron chi connectivity index (χ0n) is 16.4. The van der Waals surface area contributed by atoms with E-state index < -0.39 is 0 Å². The maximum atomic E-state index is 2.47. The van der Waals surface area contributed by atoms with Crippen molar-refractivity contribution in [3.63, 3.8) is 0 Å². The molecule has 0 N–H and O–H groups in total. The molecule has 0 saturated carbocycles. The largest absolute Gasteiger partial charge is 0.216 e. The lowest BCUT2D eigenvalue weighted by molar-refractivity contribution is -0.796. The molecule has 0 bridgehead atoms. The number of hydrogen-bond donors (Lipinski definition) is 0. The lowest BCUT2D eigenvalue weighted by atomic mass is 9.93.